The molecule has 2 nitrogen and oxygen atoms in total. The summed E-state index contributed by atoms with van der Waals surface area (Å²) >= 11 is 0. The number of ether oxygens (including phenoxy) is 1. The average molecular weight is 223 g/mol. The number of nitrogens with one attached hydrogen (secondary N) is 1. The molecule has 3 aliphatic rings. The van der Waals surface area contributed by atoms with Gasteiger partial charge in [-0.25, -0.2) is 0 Å². The molecule has 2 aliphatic carbocycles. The molecule has 0 aromatic rings. The molecule has 0 aromatic carbocycles. The first-order chi connectivity index (χ1) is 7.84. The van der Waals surface area contributed by atoms with E-state index in [4.69, 9.17) is 4.74 Å². The highest BCUT2D eigenvalue weighted by atomic mass is 16.5. The molecule has 0 aromatic heterocycles. The van der Waals surface area contributed by atoms with Gasteiger partial charge < -0.3 is 10.1 Å². The zero-order valence-electron chi connectivity index (χ0n) is 10.5. The van der Waals surface area contributed by atoms with Crippen molar-refractivity contribution >= 4 is 0 Å². The van der Waals surface area contributed by atoms with Crippen molar-refractivity contribution in [2.45, 2.75) is 45.1 Å². The van der Waals surface area contributed by atoms with Crippen LogP contribution in [-0.4, -0.2) is 25.8 Å². The molecule has 0 spiro atoms. The Labute approximate surface area is 99.1 Å². The summed E-state index contributed by atoms with van der Waals surface area (Å²) in [6, 6.07) is 0.655. The van der Waals surface area contributed by atoms with E-state index in [0.717, 1.165) is 36.9 Å². The van der Waals surface area contributed by atoms with E-state index < -0.39 is 0 Å². The fourth-order valence-corrected chi connectivity index (χ4v) is 3.20. The lowest BCUT2D eigenvalue weighted by molar-refractivity contribution is 0.177. The van der Waals surface area contributed by atoms with Gasteiger partial charge in [-0.1, -0.05) is 0 Å². The van der Waals surface area contributed by atoms with Crippen LogP contribution < -0.4 is 5.32 Å². The smallest absolute Gasteiger partial charge is 0.0509 e. The molecule has 16 heavy (non-hydrogen) atoms. The van der Waals surface area contributed by atoms with Crippen molar-refractivity contribution in [3.63, 3.8) is 0 Å². The second kappa shape index (κ2) is 4.66. The summed E-state index contributed by atoms with van der Waals surface area (Å²) in [6.07, 6.45) is 7.27. The van der Waals surface area contributed by atoms with Crippen LogP contribution in [-0.2, 0) is 4.74 Å². The molecule has 1 aliphatic heterocycles. The van der Waals surface area contributed by atoms with E-state index in [9.17, 15) is 0 Å². The minimum atomic E-state index is 0.655. The van der Waals surface area contributed by atoms with Gasteiger partial charge in [0.15, 0.2) is 0 Å². The third-order valence-corrected chi connectivity index (χ3v) is 4.80. The Hall–Kier alpha value is -0.0800. The van der Waals surface area contributed by atoms with Gasteiger partial charge in [-0.3, -0.25) is 0 Å². The van der Waals surface area contributed by atoms with Gasteiger partial charge in [-0.15, -0.1) is 0 Å². The van der Waals surface area contributed by atoms with Gasteiger partial charge in [0, 0.05) is 12.6 Å². The third-order valence-electron chi connectivity index (χ3n) is 4.80. The number of hydrogen-bond donors (Lipinski definition) is 1. The Kier molecular flexibility index (Phi) is 3.21. The molecule has 1 heterocycles. The average Bonchev–Trinajstić information content (AvgIpc) is 3.21. The molecule has 2 saturated carbocycles. The predicted octanol–water partition coefficient (Wildman–Crippen LogP) is 2.44. The van der Waals surface area contributed by atoms with Crippen LogP contribution in [0.2, 0.25) is 0 Å². The predicted molar refractivity (Wildman–Crippen MR) is 65.3 cm³/mol. The quantitative estimate of drug-likeness (QED) is 0.747. The third kappa shape index (κ3) is 2.60. The molecule has 3 rings (SSSR count). The van der Waals surface area contributed by atoms with Crippen molar-refractivity contribution in [1.82, 2.24) is 5.32 Å². The topological polar surface area (TPSA) is 21.3 Å². The van der Waals surface area contributed by atoms with Crippen molar-refractivity contribution in [2.24, 2.45) is 23.7 Å². The van der Waals surface area contributed by atoms with Crippen molar-refractivity contribution in [3.05, 3.63) is 0 Å². The molecule has 3 fully saturated rings. The highest BCUT2D eigenvalue weighted by Crippen LogP contribution is 2.48. The molecular weight excluding hydrogens is 198 g/mol. The van der Waals surface area contributed by atoms with Gasteiger partial charge >= 0.3 is 0 Å². The van der Waals surface area contributed by atoms with Gasteiger partial charge in [-0.2, -0.15) is 0 Å². The number of hydrogen-bond acceptors (Lipinski definition) is 2. The molecule has 0 bridgehead atoms. The van der Waals surface area contributed by atoms with E-state index in [0.29, 0.717) is 6.04 Å². The molecule has 2 heteroatoms. The van der Waals surface area contributed by atoms with Crippen LogP contribution in [0.4, 0.5) is 0 Å². The molecule has 2 unspecified atom stereocenters. The summed E-state index contributed by atoms with van der Waals surface area (Å²) in [4.78, 5) is 0. The minimum Gasteiger partial charge on any atom is -0.381 e. The zero-order valence-corrected chi connectivity index (χ0v) is 10.5. The lowest BCUT2D eigenvalue weighted by atomic mass is 9.95. The lowest BCUT2D eigenvalue weighted by Gasteiger charge is -2.23. The van der Waals surface area contributed by atoms with Crippen LogP contribution in [0.5, 0.6) is 0 Å². The molecule has 92 valence electrons. The molecule has 0 radical (unpaired) electrons. The fraction of sp³-hybridized carbons (Fsp3) is 1.00. The summed E-state index contributed by atoms with van der Waals surface area (Å²) in [6.45, 7) is 5.57. The van der Waals surface area contributed by atoms with Crippen LogP contribution in [0, 0.1) is 23.7 Å². The SMILES string of the molecule is CC(NCC(C1CC1)C1CC1)C1CCOC1. The van der Waals surface area contributed by atoms with Crippen LogP contribution >= 0.6 is 0 Å². The maximum atomic E-state index is 5.46. The Balaban J connectivity index is 1.43. The molecular formula is C14H25NO. The van der Waals surface area contributed by atoms with Gasteiger partial charge in [0.1, 0.15) is 0 Å². The van der Waals surface area contributed by atoms with Gasteiger partial charge in [0.05, 0.1) is 6.61 Å². The van der Waals surface area contributed by atoms with Crippen LogP contribution in [0.15, 0.2) is 0 Å². The highest BCUT2D eigenvalue weighted by molar-refractivity contribution is 4.93. The normalized spacial score (nSPS) is 32.2. The molecule has 2 atom stereocenters. The van der Waals surface area contributed by atoms with Crippen molar-refractivity contribution in [2.75, 3.05) is 19.8 Å². The van der Waals surface area contributed by atoms with E-state index in [1.165, 1.54) is 38.6 Å². The standard InChI is InChI=1S/C14H25NO/c1-10(13-6-7-16-9-13)15-8-14(11-2-3-11)12-4-5-12/h10-15H,2-9H2,1H3. The minimum absolute atomic E-state index is 0.655. The summed E-state index contributed by atoms with van der Waals surface area (Å²) < 4.78 is 5.46. The van der Waals surface area contributed by atoms with Crippen LogP contribution in [0.3, 0.4) is 0 Å². The Bertz CT molecular complexity index is 217. The second-order valence-corrected chi connectivity index (χ2v) is 6.16. The van der Waals surface area contributed by atoms with E-state index in [-0.39, 0.29) is 0 Å². The largest absolute Gasteiger partial charge is 0.381 e. The van der Waals surface area contributed by atoms with Crippen molar-refractivity contribution < 1.29 is 4.74 Å². The summed E-state index contributed by atoms with van der Waals surface area (Å²) in [5, 5.41) is 3.79. The fourth-order valence-electron chi connectivity index (χ4n) is 3.20. The first-order valence-corrected chi connectivity index (χ1v) is 7.15. The van der Waals surface area contributed by atoms with E-state index in [1.54, 1.807) is 0 Å². The van der Waals surface area contributed by atoms with E-state index in [2.05, 4.69) is 12.2 Å². The summed E-state index contributed by atoms with van der Waals surface area (Å²) in [5.41, 5.74) is 0. The first-order valence-electron chi connectivity index (χ1n) is 7.15. The van der Waals surface area contributed by atoms with Crippen LogP contribution in [0.25, 0.3) is 0 Å². The Morgan fingerprint density at radius 3 is 2.25 bits per heavy atom. The summed E-state index contributed by atoms with van der Waals surface area (Å²) in [5.74, 6) is 3.92. The van der Waals surface area contributed by atoms with E-state index >= 15 is 0 Å². The first kappa shape index (κ1) is 11.0. The second-order valence-electron chi connectivity index (χ2n) is 6.16. The Morgan fingerprint density at radius 2 is 1.75 bits per heavy atom. The maximum Gasteiger partial charge on any atom is 0.0509 e. The number of rotatable bonds is 6. The van der Waals surface area contributed by atoms with Gasteiger partial charge in [-0.05, 0) is 69.2 Å². The molecule has 0 amide bonds. The monoisotopic (exact) mass is 223 g/mol. The lowest BCUT2D eigenvalue weighted by Crippen LogP contribution is -2.38. The van der Waals surface area contributed by atoms with Gasteiger partial charge in [0.2, 0.25) is 0 Å². The summed E-state index contributed by atoms with van der Waals surface area (Å²) in [7, 11) is 0. The van der Waals surface area contributed by atoms with E-state index in [1.807, 2.05) is 0 Å². The van der Waals surface area contributed by atoms with Gasteiger partial charge in [0.25, 0.3) is 0 Å². The molecule has 1 N–H and O–H groups in total. The van der Waals surface area contributed by atoms with Crippen molar-refractivity contribution in [1.29, 1.82) is 0 Å². The Morgan fingerprint density at radius 1 is 1.06 bits per heavy atom. The molecule has 1 saturated heterocycles. The van der Waals surface area contributed by atoms with Crippen LogP contribution in [0.1, 0.15) is 39.0 Å². The van der Waals surface area contributed by atoms with Crippen molar-refractivity contribution in [3.8, 4) is 0 Å². The zero-order chi connectivity index (χ0) is 11.0. The highest BCUT2D eigenvalue weighted by Gasteiger charge is 2.41. The maximum absolute atomic E-state index is 5.46.